The van der Waals surface area contributed by atoms with Gasteiger partial charge in [0.2, 0.25) is 0 Å². The number of aryl methyl sites for hydroxylation is 1. The molecule has 0 fully saturated rings. The second-order valence-corrected chi connectivity index (χ2v) is 5.75. The van der Waals surface area contributed by atoms with Crippen molar-refractivity contribution in [1.29, 1.82) is 0 Å². The Hall–Kier alpha value is -3.35. The van der Waals surface area contributed by atoms with Crippen LogP contribution in [0.25, 0.3) is 0 Å². The Labute approximate surface area is 178 Å². The number of nitrogens with two attached hydrogens (primary N) is 1. The minimum absolute atomic E-state index is 0. The minimum Gasteiger partial charge on any atom is -0.872 e. The minimum atomic E-state index is -0.788. The summed E-state index contributed by atoms with van der Waals surface area (Å²) < 4.78 is 4.84. The Morgan fingerprint density at radius 1 is 1.00 bits per heavy atom. The van der Waals surface area contributed by atoms with Crippen molar-refractivity contribution in [3.63, 3.8) is 0 Å². The van der Waals surface area contributed by atoms with E-state index in [0.717, 1.165) is 5.69 Å². The van der Waals surface area contributed by atoms with Gasteiger partial charge < -0.3 is 20.4 Å². The standard InChI is InChI=1S/C15H14N2O4.C6H7N.Cu/c1-9-8-12(18)13(15(20)21-9)10(2)16-17-14(19)11-6-4-3-5-7-11;7-6-4-2-1-3-5-6;/h3-8,18H,1-2H3,(H,17,19);1-5H,7H2;/q;;+2/p-2/b16-10+;;. The Bertz CT molecular complexity index is 1030. The molecule has 0 amide bonds. The third-order valence-electron chi connectivity index (χ3n) is 3.51. The number of nitrogens with zero attached hydrogens (tertiary/aromatic N) is 2. The van der Waals surface area contributed by atoms with Gasteiger partial charge in [-0.2, -0.15) is 10.2 Å². The van der Waals surface area contributed by atoms with E-state index in [1.807, 2.05) is 30.3 Å². The smallest absolute Gasteiger partial charge is 0.872 e. The molecular formula is C21H19CuN3O4. The van der Waals surface area contributed by atoms with Gasteiger partial charge in [0.1, 0.15) is 5.76 Å². The summed E-state index contributed by atoms with van der Waals surface area (Å²) in [4.78, 5) is 11.6. The van der Waals surface area contributed by atoms with Crippen LogP contribution in [0.3, 0.4) is 0 Å². The third kappa shape index (κ3) is 7.29. The third-order valence-corrected chi connectivity index (χ3v) is 3.51. The molecule has 3 aromatic rings. The van der Waals surface area contributed by atoms with Gasteiger partial charge in [0.15, 0.2) is 0 Å². The van der Waals surface area contributed by atoms with E-state index in [9.17, 15) is 15.0 Å². The van der Waals surface area contributed by atoms with E-state index in [1.165, 1.54) is 19.9 Å². The van der Waals surface area contributed by atoms with E-state index in [4.69, 9.17) is 10.2 Å². The number of hydrogen-bond acceptors (Lipinski definition) is 7. The maximum absolute atomic E-state index is 11.8. The summed E-state index contributed by atoms with van der Waals surface area (Å²) in [6, 6.07) is 19.0. The molecule has 0 saturated carbocycles. The average Bonchev–Trinajstić information content (AvgIpc) is 2.67. The second-order valence-electron chi connectivity index (χ2n) is 5.75. The van der Waals surface area contributed by atoms with Crippen molar-refractivity contribution in [2.75, 3.05) is 5.73 Å². The molecule has 2 N–H and O–H groups in total. The summed E-state index contributed by atoms with van der Waals surface area (Å²) in [6.45, 7) is 2.92. The Kier molecular flexibility index (Phi) is 9.38. The zero-order chi connectivity index (χ0) is 20.5. The van der Waals surface area contributed by atoms with Crippen LogP contribution in [0.2, 0.25) is 0 Å². The normalized spacial score (nSPS) is 11.1. The molecule has 1 heterocycles. The number of nitrogen functional groups attached to an aromatic ring is 1. The van der Waals surface area contributed by atoms with Gasteiger partial charge in [0, 0.05) is 11.6 Å². The van der Waals surface area contributed by atoms with Crippen molar-refractivity contribution < 1.29 is 31.7 Å². The van der Waals surface area contributed by atoms with Crippen molar-refractivity contribution in [2.24, 2.45) is 10.2 Å². The fourth-order valence-corrected chi connectivity index (χ4v) is 2.17. The molecule has 0 aliphatic rings. The summed E-state index contributed by atoms with van der Waals surface area (Å²) in [6.07, 6.45) is 0. The molecule has 0 bridgehead atoms. The van der Waals surface area contributed by atoms with Crippen molar-refractivity contribution >= 4 is 17.3 Å². The first-order valence-corrected chi connectivity index (χ1v) is 8.36. The average molecular weight is 441 g/mol. The molecule has 8 heteroatoms. The summed E-state index contributed by atoms with van der Waals surface area (Å²) in [5, 5.41) is 30.7. The van der Waals surface area contributed by atoms with Crippen LogP contribution in [0.1, 0.15) is 23.8 Å². The van der Waals surface area contributed by atoms with E-state index < -0.39 is 17.3 Å². The molecule has 2 aromatic carbocycles. The number of benzene rings is 2. The van der Waals surface area contributed by atoms with Crippen LogP contribution in [-0.2, 0) is 17.1 Å². The molecule has 7 nitrogen and oxygen atoms in total. The Morgan fingerprint density at radius 2 is 1.55 bits per heavy atom. The van der Waals surface area contributed by atoms with Gasteiger partial charge in [-0.1, -0.05) is 54.3 Å². The maximum Gasteiger partial charge on any atom is 2.00 e. The van der Waals surface area contributed by atoms with E-state index in [-0.39, 0.29) is 34.1 Å². The predicted molar refractivity (Wildman–Crippen MR) is 105 cm³/mol. The molecular weight excluding hydrogens is 422 g/mol. The van der Waals surface area contributed by atoms with Crippen LogP contribution in [0, 0.1) is 6.92 Å². The van der Waals surface area contributed by atoms with Crippen LogP contribution < -0.4 is 21.6 Å². The molecule has 29 heavy (non-hydrogen) atoms. The van der Waals surface area contributed by atoms with Gasteiger partial charge in [-0.15, -0.1) is 0 Å². The Morgan fingerprint density at radius 3 is 2.03 bits per heavy atom. The molecule has 0 saturated heterocycles. The topological polar surface area (TPSA) is 127 Å². The van der Waals surface area contributed by atoms with Crippen LogP contribution in [0.4, 0.5) is 5.69 Å². The summed E-state index contributed by atoms with van der Waals surface area (Å²) in [7, 11) is 0. The van der Waals surface area contributed by atoms with Gasteiger partial charge in [0.05, 0.1) is 11.3 Å². The number of hydrogen-bond donors (Lipinski definition) is 1. The van der Waals surface area contributed by atoms with Gasteiger partial charge in [0.25, 0.3) is 0 Å². The first-order valence-electron chi connectivity index (χ1n) is 8.36. The van der Waals surface area contributed by atoms with Crippen molar-refractivity contribution in [2.45, 2.75) is 13.8 Å². The van der Waals surface area contributed by atoms with Crippen molar-refractivity contribution in [1.82, 2.24) is 0 Å². The Balaban J connectivity index is 0.000000445. The van der Waals surface area contributed by atoms with E-state index in [1.54, 1.807) is 30.3 Å². The van der Waals surface area contributed by atoms with Gasteiger partial charge in [-0.05, 0) is 37.6 Å². The van der Waals surface area contributed by atoms with Crippen molar-refractivity contribution in [3.05, 3.63) is 94.0 Å². The van der Waals surface area contributed by atoms with Crippen LogP contribution in [0.15, 0.2) is 86.1 Å². The predicted octanol–water partition coefficient (Wildman–Crippen LogP) is 1.82. The van der Waals surface area contributed by atoms with Gasteiger partial charge >= 0.3 is 22.7 Å². The summed E-state index contributed by atoms with van der Waals surface area (Å²) >= 11 is 0. The summed E-state index contributed by atoms with van der Waals surface area (Å²) in [5.41, 5.74) is 5.58. The van der Waals surface area contributed by atoms with Gasteiger partial charge in [-0.25, -0.2) is 4.79 Å². The van der Waals surface area contributed by atoms with Gasteiger partial charge in [-0.3, -0.25) is 0 Å². The first kappa shape index (κ1) is 23.7. The SMILES string of the molecule is C/C(=N\N=C(/[O-])c1ccccc1)c1c([O-])cc(C)oc1=O.Nc1ccccc1.[Cu+2]. The monoisotopic (exact) mass is 440 g/mol. The zero-order valence-electron chi connectivity index (χ0n) is 15.8. The van der Waals surface area contributed by atoms with E-state index >= 15 is 0 Å². The molecule has 0 atom stereocenters. The molecule has 3 rings (SSSR count). The fraction of sp³-hybridized carbons (Fsp3) is 0.0952. The van der Waals surface area contributed by atoms with Crippen LogP contribution >= 0.6 is 0 Å². The molecule has 1 aromatic heterocycles. The second kappa shape index (κ2) is 11.5. The van der Waals surface area contributed by atoms with E-state index in [0.29, 0.717) is 5.56 Å². The number of para-hydroxylation sites is 1. The number of rotatable bonds is 3. The first-order chi connectivity index (χ1) is 13.4. The molecule has 153 valence electrons. The van der Waals surface area contributed by atoms with E-state index in [2.05, 4.69) is 10.2 Å². The number of anilines is 1. The molecule has 0 unspecified atom stereocenters. The largest absolute Gasteiger partial charge is 2.00 e. The van der Waals surface area contributed by atoms with Crippen molar-refractivity contribution in [3.8, 4) is 5.75 Å². The van der Waals surface area contributed by atoms with Crippen LogP contribution in [-0.4, -0.2) is 11.6 Å². The molecule has 0 spiro atoms. The van der Waals surface area contributed by atoms with Crippen LogP contribution in [0.5, 0.6) is 5.75 Å². The fourth-order valence-electron chi connectivity index (χ4n) is 2.17. The molecule has 0 aliphatic carbocycles. The zero-order valence-corrected chi connectivity index (χ0v) is 16.7. The molecule has 0 aliphatic heterocycles. The summed E-state index contributed by atoms with van der Waals surface area (Å²) in [5.74, 6) is -0.842. The molecule has 1 radical (unpaired) electrons. The quantitative estimate of drug-likeness (QED) is 0.218. The maximum atomic E-state index is 11.8.